The molecule has 0 saturated carbocycles. The van der Waals surface area contributed by atoms with Gasteiger partial charge in [-0.1, -0.05) is 42.8 Å². The number of benzene rings is 1. The second kappa shape index (κ2) is 6.52. The molecule has 1 aromatic carbocycles. The van der Waals surface area contributed by atoms with Crippen molar-refractivity contribution >= 4 is 15.8 Å². The average Bonchev–Trinajstić information content (AvgIpc) is 2.56. The third kappa shape index (κ3) is 3.12. The predicted octanol–water partition coefficient (Wildman–Crippen LogP) is 2.89. The van der Waals surface area contributed by atoms with E-state index in [1.165, 1.54) is 11.1 Å². The Labute approximate surface area is 133 Å². The maximum absolute atomic E-state index is 12.8. The van der Waals surface area contributed by atoms with E-state index in [9.17, 15) is 8.42 Å². The molecule has 2 aliphatic heterocycles. The van der Waals surface area contributed by atoms with E-state index in [4.69, 9.17) is 0 Å². The third-order valence-electron chi connectivity index (χ3n) is 4.68. The zero-order valence-corrected chi connectivity index (χ0v) is 13.9. The van der Waals surface area contributed by atoms with Crippen LogP contribution >= 0.6 is 0 Å². The Morgan fingerprint density at radius 2 is 1.86 bits per heavy atom. The lowest BCUT2D eigenvalue weighted by Crippen LogP contribution is -2.50. The normalized spacial score (nSPS) is 25.0. The minimum absolute atomic E-state index is 0.123. The maximum Gasteiger partial charge on any atom is 0.282 e. The van der Waals surface area contributed by atoms with Crippen LogP contribution in [0.1, 0.15) is 38.2 Å². The number of hydrogen-bond donors (Lipinski definition) is 0. The molecule has 0 amide bonds. The Kier molecular flexibility index (Phi) is 4.66. The number of piperidine rings is 1. The summed E-state index contributed by atoms with van der Waals surface area (Å²) in [5, 5.41) is 0. The van der Waals surface area contributed by atoms with Crippen LogP contribution in [0.5, 0.6) is 0 Å². The second-order valence-corrected chi connectivity index (χ2v) is 8.05. The molecule has 120 valence electrons. The highest BCUT2D eigenvalue weighted by Gasteiger charge is 2.34. The lowest BCUT2D eigenvalue weighted by Gasteiger charge is -2.37. The minimum Gasteiger partial charge on any atom is -0.195 e. The molecule has 0 spiro atoms. The number of hydrogen-bond acceptors (Lipinski definition) is 2. The van der Waals surface area contributed by atoms with Gasteiger partial charge < -0.3 is 0 Å². The summed E-state index contributed by atoms with van der Waals surface area (Å²) in [4.78, 5) is 0. The molecule has 3 rings (SSSR count). The van der Waals surface area contributed by atoms with Crippen LogP contribution in [0, 0.1) is 0 Å². The first-order valence-electron chi connectivity index (χ1n) is 8.10. The highest BCUT2D eigenvalue weighted by atomic mass is 32.2. The summed E-state index contributed by atoms with van der Waals surface area (Å²) in [5.41, 5.74) is 2.45. The van der Waals surface area contributed by atoms with E-state index in [2.05, 4.69) is 18.2 Å². The van der Waals surface area contributed by atoms with Crippen molar-refractivity contribution in [1.82, 2.24) is 8.61 Å². The average molecular weight is 320 g/mol. The SMILES string of the molecule is CC1CCCCN1S(=O)(=O)N1CC=C(c2ccccc2)CC1. The molecule has 0 bridgehead atoms. The third-order valence-corrected chi connectivity index (χ3v) is 6.80. The maximum atomic E-state index is 12.8. The quantitative estimate of drug-likeness (QED) is 0.859. The van der Waals surface area contributed by atoms with E-state index in [0.29, 0.717) is 19.6 Å². The highest BCUT2D eigenvalue weighted by Crippen LogP contribution is 2.27. The van der Waals surface area contributed by atoms with Crippen molar-refractivity contribution in [3.63, 3.8) is 0 Å². The summed E-state index contributed by atoms with van der Waals surface area (Å²) in [5.74, 6) is 0. The van der Waals surface area contributed by atoms with Crippen molar-refractivity contribution in [2.75, 3.05) is 19.6 Å². The van der Waals surface area contributed by atoms with Crippen molar-refractivity contribution in [2.24, 2.45) is 0 Å². The van der Waals surface area contributed by atoms with Gasteiger partial charge in [0.1, 0.15) is 0 Å². The van der Waals surface area contributed by atoms with Crippen LogP contribution in [0.15, 0.2) is 36.4 Å². The van der Waals surface area contributed by atoms with Gasteiger partial charge in [0, 0.05) is 25.7 Å². The molecule has 2 aliphatic rings. The van der Waals surface area contributed by atoms with Gasteiger partial charge in [-0.2, -0.15) is 17.0 Å². The molecule has 22 heavy (non-hydrogen) atoms. The van der Waals surface area contributed by atoms with Crippen LogP contribution in [0.3, 0.4) is 0 Å². The molecule has 0 aliphatic carbocycles. The molecule has 0 radical (unpaired) electrons. The molecular formula is C17H24N2O2S. The molecule has 5 heteroatoms. The molecule has 1 fully saturated rings. The van der Waals surface area contributed by atoms with E-state index in [0.717, 1.165) is 25.7 Å². The van der Waals surface area contributed by atoms with Gasteiger partial charge >= 0.3 is 0 Å². The van der Waals surface area contributed by atoms with Gasteiger partial charge in [-0.3, -0.25) is 0 Å². The lowest BCUT2D eigenvalue weighted by atomic mass is 10.0. The predicted molar refractivity (Wildman–Crippen MR) is 89.5 cm³/mol. The molecule has 1 saturated heterocycles. The summed E-state index contributed by atoms with van der Waals surface area (Å²) in [6, 6.07) is 10.3. The Balaban J connectivity index is 1.74. The van der Waals surface area contributed by atoms with Crippen LogP contribution in [0.25, 0.3) is 5.57 Å². The van der Waals surface area contributed by atoms with Gasteiger partial charge in [0.15, 0.2) is 0 Å². The van der Waals surface area contributed by atoms with E-state index < -0.39 is 10.2 Å². The summed E-state index contributed by atoms with van der Waals surface area (Å²) in [6.45, 7) is 3.74. The Morgan fingerprint density at radius 1 is 1.09 bits per heavy atom. The Hall–Kier alpha value is -1.17. The lowest BCUT2D eigenvalue weighted by molar-refractivity contribution is 0.247. The van der Waals surface area contributed by atoms with Gasteiger partial charge in [-0.25, -0.2) is 0 Å². The zero-order chi connectivity index (χ0) is 15.6. The van der Waals surface area contributed by atoms with Crippen LogP contribution in [0.2, 0.25) is 0 Å². The number of rotatable bonds is 3. The molecule has 1 atom stereocenters. The van der Waals surface area contributed by atoms with Crippen molar-refractivity contribution in [3.8, 4) is 0 Å². The number of nitrogens with zero attached hydrogens (tertiary/aromatic N) is 2. The smallest absolute Gasteiger partial charge is 0.195 e. The molecule has 1 unspecified atom stereocenters. The topological polar surface area (TPSA) is 40.6 Å². The second-order valence-electron chi connectivity index (χ2n) is 6.17. The first kappa shape index (κ1) is 15.7. The van der Waals surface area contributed by atoms with Crippen LogP contribution in [0.4, 0.5) is 0 Å². The van der Waals surface area contributed by atoms with Crippen molar-refractivity contribution < 1.29 is 8.42 Å². The highest BCUT2D eigenvalue weighted by molar-refractivity contribution is 7.86. The fourth-order valence-electron chi connectivity index (χ4n) is 3.34. The fourth-order valence-corrected chi connectivity index (χ4v) is 5.14. The minimum atomic E-state index is -3.32. The molecule has 4 nitrogen and oxygen atoms in total. The molecule has 0 aromatic heterocycles. The van der Waals surface area contributed by atoms with Crippen LogP contribution < -0.4 is 0 Å². The van der Waals surface area contributed by atoms with Crippen molar-refractivity contribution in [3.05, 3.63) is 42.0 Å². The van der Waals surface area contributed by atoms with Crippen molar-refractivity contribution in [2.45, 2.75) is 38.6 Å². The molecule has 2 heterocycles. The van der Waals surface area contributed by atoms with E-state index >= 15 is 0 Å². The molecular weight excluding hydrogens is 296 g/mol. The van der Waals surface area contributed by atoms with Gasteiger partial charge in [0.2, 0.25) is 0 Å². The largest absolute Gasteiger partial charge is 0.282 e. The van der Waals surface area contributed by atoms with E-state index in [1.807, 2.05) is 25.1 Å². The monoisotopic (exact) mass is 320 g/mol. The summed E-state index contributed by atoms with van der Waals surface area (Å²) in [6.07, 6.45) is 5.92. The summed E-state index contributed by atoms with van der Waals surface area (Å²) >= 11 is 0. The Bertz CT molecular complexity index is 640. The molecule has 1 aromatic rings. The van der Waals surface area contributed by atoms with Gasteiger partial charge in [-0.05, 0) is 37.3 Å². The standard InChI is InChI=1S/C17H24N2O2S/c1-15-7-5-6-12-19(15)22(20,21)18-13-10-17(11-14-18)16-8-3-2-4-9-16/h2-4,8-10,15H,5-7,11-14H2,1H3. The van der Waals surface area contributed by atoms with Gasteiger partial charge in [0.05, 0.1) is 0 Å². The van der Waals surface area contributed by atoms with E-state index in [-0.39, 0.29) is 6.04 Å². The van der Waals surface area contributed by atoms with Crippen LogP contribution in [-0.4, -0.2) is 42.7 Å². The first-order chi connectivity index (χ1) is 10.6. The first-order valence-corrected chi connectivity index (χ1v) is 9.50. The summed E-state index contributed by atoms with van der Waals surface area (Å²) < 4.78 is 29.0. The Morgan fingerprint density at radius 3 is 2.50 bits per heavy atom. The van der Waals surface area contributed by atoms with Crippen molar-refractivity contribution in [1.29, 1.82) is 0 Å². The van der Waals surface area contributed by atoms with Gasteiger partial charge in [0.25, 0.3) is 10.2 Å². The zero-order valence-electron chi connectivity index (χ0n) is 13.1. The van der Waals surface area contributed by atoms with E-state index in [1.54, 1.807) is 8.61 Å². The van der Waals surface area contributed by atoms with Crippen LogP contribution in [-0.2, 0) is 10.2 Å². The molecule has 0 N–H and O–H groups in total. The fraction of sp³-hybridized carbons (Fsp3) is 0.529. The van der Waals surface area contributed by atoms with Gasteiger partial charge in [-0.15, -0.1) is 0 Å². The summed E-state index contributed by atoms with van der Waals surface area (Å²) in [7, 11) is -3.32.